The average Bonchev–Trinajstić information content (AvgIpc) is 2.62. The fourth-order valence-corrected chi connectivity index (χ4v) is 4.08. The lowest BCUT2D eigenvalue weighted by atomic mass is 10.1. The minimum Gasteiger partial charge on any atom is -0.126 e. The van der Waals surface area contributed by atoms with E-state index in [9.17, 15) is 0 Å². The van der Waals surface area contributed by atoms with Crippen LogP contribution < -0.4 is 0 Å². The van der Waals surface area contributed by atoms with E-state index < -0.39 is 0 Å². The molecule has 1 heterocycles. The molecule has 1 aromatic heterocycles. The molecule has 0 bridgehead atoms. The molecule has 90 valence electrons. The van der Waals surface area contributed by atoms with Gasteiger partial charge in [-0.1, -0.05) is 29.8 Å². The van der Waals surface area contributed by atoms with E-state index in [1.54, 1.807) is 11.3 Å². The van der Waals surface area contributed by atoms with Crippen molar-refractivity contribution in [3.05, 3.63) is 53.7 Å². The van der Waals surface area contributed by atoms with Crippen molar-refractivity contribution in [2.45, 2.75) is 19.2 Å². The first kappa shape index (κ1) is 13.7. The normalized spacial score (nSPS) is 12.8. The van der Waals surface area contributed by atoms with Crippen molar-refractivity contribution in [2.75, 3.05) is 0 Å². The van der Waals surface area contributed by atoms with Gasteiger partial charge in [0.05, 0.1) is 9.71 Å². The summed E-state index contributed by atoms with van der Waals surface area (Å²) in [6.07, 6.45) is 0. The number of aryl methyl sites for hydroxylation is 2. The molecule has 0 saturated heterocycles. The molecule has 1 unspecified atom stereocenters. The van der Waals surface area contributed by atoms with Gasteiger partial charge in [0.25, 0.3) is 0 Å². The molecule has 2 aromatic rings. The summed E-state index contributed by atoms with van der Waals surface area (Å²) in [6.45, 7) is 4.11. The summed E-state index contributed by atoms with van der Waals surface area (Å²) in [7, 11) is 0. The van der Waals surface area contributed by atoms with Crippen LogP contribution in [0.3, 0.4) is 0 Å². The molecule has 0 saturated carbocycles. The van der Waals surface area contributed by atoms with E-state index >= 15 is 0 Å². The third-order valence-electron chi connectivity index (χ3n) is 2.62. The van der Waals surface area contributed by atoms with Crippen molar-refractivity contribution in [3.8, 4) is 0 Å². The van der Waals surface area contributed by atoms with Crippen LogP contribution in [0.25, 0.3) is 0 Å². The smallest absolute Gasteiger partial charge is 0.0960 e. The highest BCUT2D eigenvalue weighted by Crippen LogP contribution is 2.39. The summed E-state index contributed by atoms with van der Waals surface area (Å²) in [5.74, 6) is 0. The van der Waals surface area contributed by atoms with Crippen LogP contribution in [0, 0.1) is 17.4 Å². The SMILES string of the molecule is Cc1cc(C(Cl)c2cccc(C)c2I)sc1Cl. The Morgan fingerprint density at radius 3 is 2.53 bits per heavy atom. The van der Waals surface area contributed by atoms with Gasteiger partial charge < -0.3 is 0 Å². The topological polar surface area (TPSA) is 0 Å². The molecule has 0 amide bonds. The maximum Gasteiger partial charge on any atom is 0.0960 e. The molecule has 0 spiro atoms. The van der Waals surface area contributed by atoms with Crippen molar-refractivity contribution in [1.29, 1.82) is 0 Å². The lowest BCUT2D eigenvalue weighted by Gasteiger charge is -2.11. The first-order chi connectivity index (χ1) is 8.00. The standard InChI is InChI=1S/C13H11Cl2IS/c1-7-4-3-5-9(12(7)16)11(14)10-6-8(2)13(15)17-10/h3-6,11H,1-2H3. The summed E-state index contributed by atoms with van der Waals surface area (Å²) < 4.78 is 2.06. The van der Waals surface area contributed by atoms with Crippen LogP contribution in [0.1, 0.15) is 26.9 Å². The largest absolute Gasteiger partial charge is 0.126 e. The number of hydrogen-bond donors (Lipinski definition) is 0. The lowest BCUT2D eigenvalue weighted by Crippen LogP contribution is -1.95. The zero-order valence-electron chi connectivity index (χ0n) is 9.43. The third-order valence-corrected chi connectivity index (χ3v) is 6.31. The van der Waals surface area contributed by atoms with E-state index in [1.165, 1.54) is 9.13 Å². The Bertz CT molecular complexity index is 529. The second kappa shape index (κ2) is 5.47. The Kier molecular flexibility index (Phi) is 4.40. The molecule has 0 nitrogen and oxygen atoms in total. The number of rotatable bonds is 2. The fraction of sp³-hybridized carbons (Fsp3) is 0.231. The predicted molar refractivity (Wildman–Crippen MR) is 85.7 cm³/mol. The van der Waals surface area contributed by atoms with Gasteiger partial charge in [-0.25, -0.2) is 0 Å². The van der Waals surface area contributed by atoms with E-state index in [2.05, 4.69) is 47.7 Å². The van der Waals surface area contributed by atoms with E-state index in [-0.39, 0.29) is 5.38 Å². The minimum atomic E-state index is -0.113. The lowest BCUT2D eigenvalue weighted by molar-refractivity contribution is 1.15. The van der Waals surface area contributed by atoms with Crippen LogP contribution >= 0.6 is 57.1 Å². The molecule has 2 rings (SSSR count). The summed E-state index contributed by atoms with van der Waals surface area (Å²) >= 11 is 16.5. The van der Waals surface area contributed by atoms with Gasteiger partial charge in [-0.2, -0.15) is 0 Å². The third kappa shape index (κ3) is 2.80. The van der Waals surface area contributed by atoms with Gasteiger partial charge in [-0.05, 0) is 59.2 Å². The molecule has 0 radical (unpaired) electrons. The van der Waals surface area contributed by atoms with Gasteiger partial charge in [0.15, 0.2) is 0 Å². The van der Waals surface area contributed by atoms with Gasteiger partial charge in [-0.3, -0.25) is 0 Å². The zero-order valence-corrected chi connectivity index (χ0v) is 13.9. The number of benzene rings is 1. The summed E-state index contributed by atoms with van der Waals surface area (Å²) in [5.41, 5.74) is 3.51. The Morgan fingerprint density at radius 1 is 1.24 bits per heavy atom. The summed E-state index contributed by atoms with van der Waals surface area (Å²) in [6, 6.07) is 8.30. The molecule has 0 N–H and O–H groups in total. The van der Waals surface area contributed by atoms with E-state index in [1.807, 2.05) is 13.0 Å². The van der Waals surface area contributed by atoms with Gasteiger partial charge in [-0.15, -0.1) is 22.9 Å². The Labute approximate surface area is 129 Å². The molecule has 1 aromatic carbocycles. The van der Waals surface area contributed by atoms with Crippen LogP contribution in [-0.4, -0.2) is 0 Å². The van der Waals surface area contributed by atoms with Crippen LogP contribution in [0.15, 0.2) is 24.3 Å². The van der Waals surface area contributed by atoms with E-state index in [4.69, 9.17) is 23.2 Å². The number of hydrogen-bond acceptors (Lipinski definition) is 1. The second-order valence-corrected chi connectivity index (χ2v) is 7.15. The molecule has 0 aliphatic heterocycles. The van der Waals surface area contributed by atoms with E-state index in [0.717, 1.165) is 20.3 Å². The summed E-state index contributed by atoms with van der Waals surface area (Å²) in [5, 5.41) is -0.113. The Balaban J connectivity index is 2.43. The maximum absolute atomic E-state index is 6.54. The van der Waals surface area contributed by atoms with Gasteiger partial charge in [0.2, 0.25) is 0 Å². The van der Waals surface area contributed by atoms with Crippen molar-refractivity contribution in [1.82, 2.24) is 0 Å². The molecule has 17 heavy (non-hydrogen) atoms. The summed E-state index contributed by atoms with van der Waals surface area (Å²) in [4.78, 5) is 1.11. The van der Waals surface area contributed by atoms with Gasteiger partial charge in [0.1, 0.15) is 0 Å². The molecular formula is C13H11Cl2IS. The molecule has 0 aliphatic rings. The van der Waals surface area contributed by atoms with Crippen LogP contribution in [0.2, 0.25) is 4.34 Å². The minimum absolute atomic E-state index is 0.113. The zero-order chi connectivity index (χ0) is 12.6. The predicted octanol–water partition coefficient (Wildman–Crippen LogP) is 5.95. The quantitative estimate of drug-likeness (QED) is 0.434. The fourth-order valence-electron chi connectivity index (χ4n) is 1.63. The molecule has 4 heteroatoms. The average molecular weight is 397 g/mol. The maximum atomic E-state index is 6.54. The second-order valence-electron chi connectivity index (χ2n) is 3.95. The molecule has 0 aliphatic carbocycles. The first-order valence-electron chi connectivity index (χ1n) is 5.15. The highest BCUT2D eigenvalue weighted by Gasteiger charge is 2.17. The first-order valence-corrected chi connectivity index (χ1v) is 7.86. The van der Waals surface area contributed by atoms with Crippen molar-refractivity contribution in [2.24, 2.45) is 0 Å². The molecule has 1 atom stereocenters. The highest BCUT2D eigenvalue weighted by atomic mass is 127. The van der Waals surface area contributed by atoms with Crippen LogP contribution in [-0.2, 0) is 0 Å². The van der Waals surface area contributed by atoms with Crippen LogP contribution in [0.5, 0.6) is 0 Å². The Morgan fingerprint density at radius 2 is 1.94 bits per heavy atom. The highest BCUT2D eigenvalue weighted by molar-refractivity contribution is 14.1. The van der Waals surface area contributed by atoms with E-state index in [0.29, 0.717) is 0 Å². The molecule has 0 fully saturated rings. The van der Waals surface area contributed by atoms with Crippen molar-refractivity contribution in [3.63, 3.8) is 0 Å². The number of thiophene rings is 1. The van der Waals surface area contributed by atoms with Gasteiger partial charge in [0, 0.05) is 8.45 Å². The molecular weight excluding hydrogens is 386 g/mol. The number of halogens is 3. The Hall–Kier alpha value is 0.230. The number of alkyl halides is 1. The monoisotopic (exact) mass is 396 g/mol. The van der Waals surface area contributed by atoms with Gasteiger partial charge >= 0.3 is 0 Å². The van der Waals surface area contributed by atoms with Crippen molar-refractivity contribution < 1.29 is 0 Å². The van der Waals surface area contributed by atoms with Crippen LogP contribution in [0.4, 0.5) is 0 Å². The van der Waals surface area contributed by atoms with Crippen molar-refractivity contribution >= 4 is 57.1 Å².